The van der Waals surface area contributed by atoms with Gasteiger partial charge < -0.3 is 9.32 Å². The summed E-state index contributed by atoms with van der Waals surface area (Å²) in [5.41, 5.74) is 1.96. The molecule has 5 heteroatoms. The van der Waals surface area contributed by atoms with Gasteiger partial charge in [0.05, 0.1) is 0 Å². The van der Waals surface area contributed by atoms with Crippen LogP contribution in [0.15, 0.2) is 71.4 Å². The number of oxazole rings is 1. The molecule has 1 amide bonds. The lowest BCUT2D eigenvalue weighted by molar-refractivity contribution is 0.0795. The Morgan fingerprint density at radius 2 is 1.67 bits per heavy atom. The third kappa shape index (κ3) is 2.60. The Labute approximate surface area is 139 Å². The van der Waals surface area contributed by atoms with Crippen molar-refractivity contribution in [3.8, 4) is 22.8 Å². The molecule has 24 heavy (non-hydrogen) atoms. The second kappa shape index (κ2) is 6.12. The quantitative estimate of drug-likeness (QED) is 0.695. The minimum Gasteiger partial charge on any atom is -0.435 e. The molecule has 1 aliphatic rings. The van der Waals surface area contributed by atoms with Crippen molar-refractivity contribution in [1.82, 2.24) is 14.9 Å². The summed E-state index contributed by atoms with van der Waals surface area (Å²) >= 11 is 0. The Morgan fingerprint density at radius 1 is 0.958 bits per heavy atom. The van der Waals surface area contributed by atoms with Crippen LogP contribution in [0, 0.1) is 0 Å². The van der Waals surface area contributed by atoms with Gasteiger partial charge in [-0.05, 0) is 24.3 Å². The smallest absolute Gasteiger partial charge is 0.277 e. The van der Waals surface area contributed by atoms with E-state index in [4.69, 9.17) is 4.42 Å². The van der Waals surface area contributed by atoms with Gasteiger partial charge in [-0.2, -0.15) is 0 Å². The van der Waals surface area contributed by atoms with Crippen molar-refractivity contribution in [2.45, 2.75) is 0 Å². The Hall–Kier alpha value is -3.21. The van der Waals surface area contributed by atoms with Crippen molar-refractivity contribution in [2.24, 2.45) is 0 Å². The number of amides is 1. The lowest BCUT2D eigenvalue weighted by Crippen LogP contribution is -2.28. The summed E-state index contributed by atoms with van der Waals surface area (Å²) in [6, 6.07) is 13.2. The molecule has 1 aliphatic heterocycles. The summed E-state index contributed by atoms with van der Waals surface area (Å²) in [4.78, 5) is 23.1. The molecule has 0 atom stereocenters. The second-order valence-corrected chi connectivity index (χ2v) is 5.48. The first-order valence-electron chi connectivity index (χ1n) is 7.74. The number of carbonyl (C=O) groups excluding carboxylic acids is 1. The second-order valence-electron chi connectivity index (χ2n) is 5.48. The van der Waals surface area contributed by atoms with E-state index in [0.717, 1.165) is 11.1 Å². The van der Waals surface area contributed by atoms with Crippen LogP contribution in [-0.2, 0) is 0 Å². The fourth-order valence-corrected chi connectivity index (χ4v) is 2.66. The maximum atomic E-state index is 12.8. The Bertz CT molecular complexity index is 877. The zero-order valence-electron chi connectivity index (χ0n) is 12.9. The van der Waals surface area contributed by atoms with Gasteiger partial charge in [0.25, 0.3) is 5.91 Å². The van der Waals surface area contributed by atoms with Crippen LogP contribution in [0.5, 0.6) is 0 Å². The minimum atomic E-state index is -0.127. The van der Waals surface area contributed by atoms with Crippen molar-refractivity contribution in [2.75, 3.05) is 13.1 Å². The molecule has 3 heterocycles. The SMILES string of the molecule is O=C(c1nc(-c2ccccc2)oc1-c1ccncc1)N1CC=CC1. The number of aromatic nitrogens is 2. The van der Waals surface area contributed by atoms with Crippen LogP contribution in [0.1, 0.15) is 10.5 Å². The molecule has 3 aromatic rings. The Balaban J connectivity index is 1.81. The van der Waals surface area contributed by atoms with Crippen molar-refractivity contribution < 1.29 is 9.21 Å². The van der Waals surface area contributed by atoms with Crippen molar-refractivity contribution in [1.29, 1.82) is 0 Å². The molecule has 0 saturated heterocycles. The molecular weight excluding hydrogens is 302 g/mol. The zero-order valence-corrected chi connectivity index (χ0v) is 12.9. The summed E-state index contributed by atoms with van der Waals surface area (Å²) < 4.78 is 5.96. The van der Waals surface area contributed by atoms with E-state index in [-0.39, 0.29) is 5.91 Å². The molecule has 118 valence electrons. The Morgan fingerprint density at radius 3 is 2.38 bits per heavy atom. The molecule has 0 unspecified atom stereocenters. The number of carbonyl (C=O) groups is 1. The number of benzene rings is 1. The summed E-state index contributed by atoms with van der Waals surface area (Å²) in [5.74, 6) is 0.795. The lowest BCUT2D eigenvalue weighted by atomic mass is 10.1. The van der Waals surface area contributed by atoms with E-state index < -0.39 is 0 Å². The highest BCUT2D eigenvalue weighted by atomic mass is 16.4. The largest absolute Gasteiger partial charge is 0.435 e. The highest BCUT2D eigenvalue weighted by Crippen LogP contribution is 2.30. The summed E-state index contributed by atoms with van der Waals surface area (Å²) in [7, 11) is 0. The fraction of sp³-hybridized carbons (Fsp3) is 0.105. The first-order chi connectivity index (χ1) is 11.8. The zero-order chi connectivity index (χ0) is 16.4. The van der Waals surface area contributed by atoms with Crippen molar-refractivity contribution in [3.63, 3.8) is 0 Å². The van der Waals surface area contributed by atoms with E-state index in [9.17, 15) is 4.79 Å². The van der Waals surface area contributed by atoms with Crippen molar-refractivity contribution >= 4 is 5.91 Å². The van der Waals surface area contributed by atoms with Gasteiger partial charge in [0.15, 0.2) is 11.5 Å². The monoisotopic (exact) mass is 317 g/mol. The first-order valence-corrected chi connectivity index (χ1v) is 7.74. The molecule has 0 spiro atoms. The number of hydrogen-bond acceptors (Lipinski definition) is 4. The van der Waals surface area contributed by atoms with Gasteiger partial charge in [-0.3, -0.25) is 9.78 Å². The molecule has 1 aromatic carbocycles. The minimum absolute atomic E-state index is 0.127. The van der Waals surface area contributed by atoms with Crippen LogP contribution in [0.3, 0.4) is 0 Å². The molecule has 2 aromatic heterocycles. The Kier molecular flexibility index (Phi) is 3.67. The molecule has 0 radical (unpaired) electrons. The third-order valence-electron chi connectivity index (χ3n) is 3.90. The molecule has 0 aliphatic carbocycles. The predicted octanol–water partition coefficient (Wildman–Crippen LogP) is 3.42. The van der Waals surface area contributed by atoms with Crippen molar-refractivity contribution in [3.05, 3.63) is 72.7 Å². The third-order valence-corrected chi connectivity index (χ3v) is 3.90. The van der Waals surface area contributed by atoms with Gasteiger partial charge in [-0.15, -0.1) is 0 Å². The van der Waals surface area contributed by atoms with E-state index in [1.54, 1.807) is 17.3 Å². The maximum Gasteiger partial charge on any atom is 0.277 e. The van der Waals surface area contributed by atoms with Crippen LogP contribution in [0.2, 0.25) is 0 Å². The average molecular weight is 317 g/mol. The molecule has 0 bridgehead atoms. The lowest BCUT2D eigenvalue weighted by Gasteiger charge is -2.13. The van der Waals surface area contributed by atoms with E-state index >= 15 is 0 Å². The van der Waals surface area contributed by atoms with Gasteiger partial charge in [-0.1, -0.05) is 30.4 Å². The van der Waals surface area contributed by atoms with Crippen LogP contribution in [0.25, 0.3) is 22.8 Å². The predicted molar refractivity (Wildman–Crippen MR) is 90.2 cm³/mol. The average Bonchev–Trinajstić information content (AvgIpc) is 3.33. The van der Waals surface area contributed by atoms with Gasteiger partial charge >= 0.3 is 0 Å². The van der Waals surface area contributed by atoms with Gasteiger partial charge in [0, 0.05) is 36.6 Å². The molecule has 0 fully saturated rings. The molecule has 4 rings (SSSR count). The number of pyridine rings is 1. The van der Waals surface area contributed by atoms with Crippen LogP contribution < -0.4 is 0 Å². The standard InChI is InChI=1S/C19H15N3O2/c23-19(22-12-4-5-13-22)16-17(14-8-10-20-11-9-14)24-18(21-16)15-6-2-1-3-7-15/h1-11H,12-13H2. The first kappa shape index (κ1) is 14.4. The van der Waals surface area contributed by atoms with Gasteiger partial charge in [0.1, 0.15) is 0 Å². The maximum absolute atomic E-state index is 12.8. The summed E-state index contributed by atoms with van der Waals surface area (Å²) in [6.07, 6.45) is 7.29. The van der Waals surface area contributed by atoms with E-state index in [1.165, 1.54) is 0 Å². The number of rotatable bonds is 3. The van der Waals surface area contributed by atoms with E-state index in [2.05, 4.69) is 9.97 Å². The van der Waals surface area contributed by atoms with E-state index in [1.807, 2.05) is 54.6 Å². The van der Waals surface area contributed by atoms with Gasteiger partial charge in [0.2, 0.25) is 5.89 Å². The molecule has 0 saturated carbocycles. The van der Waals surface area contributed by atoms with Gasteiger partial charge in [-0.25, -0.2) is 4.98 Å². The fourth-order valence-electron chi connectivity index (χ4n) is 2.66. The molecule has 5 nitrogen and oxygen atoms in total. The van der Waals surface area contributed by atoms with Crippen LogP contribution in [-0.4, -0.2) is 33.9 Å². The highest BCUT2D eigenvalue weighted by molar-refractivity contribution is 5.98. The number of nitrogens with zero attached hydrogens (tertiary/aromatic N) is 3. The molecular formula is C19H15N3O2. The summed E-state index contributed by atoms with van der Waals surface area (Å²) in [6.45, 7) is 1.20. The normalized spacial score (nSPS) is 13.4. The molecule has 0 N–H and O–H groups in total. The topological polar surface area (TPSA) is 59.2 Å². The highest BCUT2D eigenvalue weighted by Gasteiger charge is 2.26. The van der Waals surface area contributed by atoms with E-state index in [0.29, 0.717) is 30.4 Å². The number of hydrogen-bond donors (Lipinski definition) is 0. The van der Waals surface area contributed by atoms with Crippen LogP contribution in [0.4, 0.5) is 0 Å². The van der Waals surface area contributed by atoms with Crippen LogP contribution >= 0.6 is 0 Å². The summed E-state index contributed by atoms with van der Waals surface area (Å²) in [5, 5.41) is 0.